The van der Waals surface area contributed by atoms with E-state index in [4.69, 9.17) is 4.74 Å². The summed E-state index contributed by atoms with van der Waals surface area (Å²) in [5.41, 5.74) is 1.33. The SMILES string of the molecule is COc1ccc(C(=O)N/N=c2\c(=O)c(=O)c3ccccc23)cc1. The molecule has 0 bridgehead atoms. The third kappa shape index (κ3) is 2.62. The quantitative estimate of drug-likeness (QED) is 0.570. The number of methoxy groups -OCH3 is 1. The van der Waals surface area contributed by atoms with Crippen molar-refractivity contribution in [3.63, 3.8) is 0 Å². The summed E-state index contributed by atoms with van der Waals surface area (Å²) in [6.07, 6.45) is 0. The largest absolute Gasteiger partial charge is 0.497 e. The highest BCUT2D eigenvalue weighted by Gasteiger charge is 2.11. The van der Waals surface area contributed by atoms with E-state index in [1.54, 1.807) is 48.5 Å². The molecule has 0 saturated carbocycles. The lowest BCUT2D eigenvalue weighted by Gasteiger charge is -2.01. The monoisotopic (exact) mass is 308 g/mol. The minimum absolute atomic E-state index is 0.0486. The zero-order chi connectivity index (χ0) is 16.4. The van der Waals surface area contributed by atoms with Gasteiger partial charge in [0, 0.05) is 16.3 Å². The van der Waals surface area contributed by atoms with Crippen LogP contribution in [0.1, 0.15) is 10.4 Å². The molecule has 0 heterocycles. The van der Waals surface area contributed by atoms with E-state index >= 15 is 0 Å². The minimum Gasteiger partial charge on any atom is -0.497 e. The highest BCUT2D eigenvalue weighted by atomic mass is 16.5. The van der Waals surface area contributed by atoms with E-state index in [-0.39, 0.29) is 5.36 Å². The van der Waals surface area contributed by atoms with Gasteiger partial charge < -0.3 is 4.74 Å². The number of nitrogens with zero attached hydrogens (tertiary/aromatic N) is 1. The van der Waals surface area contributed by atoms with Gasteiger partial charge in [-0.25, -0.2) is 5.43 Å². The summed E-state index contributed by atoms with van der Waals surface area (Å²) >= 11 is 0. The number of ether oxygens (including phenoxy) is 1. The number of hydrogen-bond donors (Lipinski definition) is 1. The van der Waals surface area contributed by atoms with Gasteiger partial charge in [-0.2, -0.15) is 5.10 Å². The molecule has 23 heavy (non-hydrogen) atoms. The molecule has 6 nitrogen and oxygen atoms in total. The number of amides is 1. The summed E-state index contributed by atoms with van der Waals surface area (Å²) in [4.78, 5) is 35.8. The zero-order valence-electron chi connectivity index (χ0n) is 12.2. The van der Waals surface area contributed by atoms with E-state index in [0.717, 1.165) is 0 Å². The van der Waals surface area contributed by atoms with Crippen LogP contribution in [0.25, 0.3) is 10.8 Å². The molecule has 3 aromatic rings. The Bertz CT molecular complexity index is 1030. The summed E-state index contributed by atoms with van der Waals surface area (Å²) in [5.74, 6) is 0.142. The fourth-order valence-corrected chi connectivity index (χ4v) is 2.26. The van der Waals surface area contributed by atoms with Crippen molar-refractivity contribution >= 4 is 16.7 Å². The molecule has 0 spiro atoms. The fourth-order valence-electron chi connectivity index (χ4n) is 2.26. The fraction of sp³-hybridized carbons (Fsp3) is 0.0588. The second kappa shape index (κ2) is 5.84. The van der Waals surface area contributed by atoms with Gasteiger partial charge in [0.05, 0.1) is 7.11 Å². The maximum atomic E-state index is 12.0. The Hall–Kier alpha value is -3.28. The second-order valence-electron chi connectivity index (χ2n) is 4.83. The molecule has 0 fully saturated rings. The molecule has 0 atom stereocenters. The molecule has 1 N–H and O–H groups in total. The normalized spacial score (nSPS) is 11.6. The standard InChI is InChI=1S/C17H12N2O4/c1-23-11-8-6-10(7-9-11)17(22)19-18-14-12-4-2-3-5-13(12)15(20)16(14)21/h2-9H,1H3,(H,19,22)/b18-14-. The summed E-state index contributed by atoms with van der Waals surface area (Å²) in [6.45, 7) is 0. The van der Waals surface area contributed by atoms with Gasteiger partial charge in [-0.05, 0) is 24.3 Å². The molecule has 0 unspecified atom stereocenters. The lowest BCUT2D eigenvalue weighted by molar-refractivity contribution is 0.0953. The maximum absolute atomic E-state index is 12.0. The molecule has 114 valence electrons. The number of hydrogen-bond acceptors (Lipinski definition) is 5. The lowest BCUT2D eigenvalue weighted by Crippen LogP contribution is -2.33. The van der Waals surface area contributed by atoms with E-state index in [9.17, 15) is 14.4 Å². The average molecular weight is 308 g/mol. The van der Waals surface area contributed by atoms with E-state index in [2.05, 4.69) is 10.5 Å². The summed E-state index contributed by atoms with van der Waals surface area (Å²) < 4.78 is 5.01. The van der Waals surface area contributed by atoms with Crippen molar-refractivity contribution in [1.82, 2.24) is 5.43 Å². The van der Waals surface area contributed by atoms with Crippen molar-refractivity contribution in [3.8, 4) is 5.75 Å². The smallest absolute Gasteiger partial charge is 0.271 e. The number of carbonyl (C=O) groups excluding carboxylic acids is 1. The van der Waals surface area contributed by atoms with Crippen molar-refractivity contribution in [2.45, 2.75) is 0 Å². The molecule has 3 aromatic carbocycles. The Morgan fingerprint density at radius 1 is 0.957 bits per heavy atom. The van der Waals surface area contributed by atoms with Gasteiger partial charge in [-0.15, -0.1) is 0 Å². The predicted molar refractivity (Wildman–Crippen MR) is 84.9 cm³/mol. The topological polar surface area (TPSA) is 84.8 Å². The third-order valence-corrected chi connectivity index (χ3v) is 3.47. The molecule has 3 rings (SSSR count). The molecular formula is C17H12N2O4. The van der Waals surface area contributed by atoms with Crippen LogP contribution >= 0.6 is 0 Å². The van der Waals surface area contributed by atoms with E-state index < -0.39 is 16.8 Å². The lowest BCUT2D eigenvalue weighted by atomic mass is 10.2. The van der Waals surface area contributed by atoms with E-state index in [1.165, 1.54) is 7.11 Å². The Morgan fingerprint density at radius 3 is 2.26 bits per heavy atom. The van der Waals surface area contributed by atoms with Crippen LogP contribution in [-0.2, 0) is 0 Å². The average Bonchev–Trinajstić information content (AvgIpc) is 2.84. The Balaban J connectivity index is 1.97. The molecule has 0 radical (unpaired) electrons. The van der Waals surface area contributed by atoms with Gasteiger partial charge in [0.1, 0.15) is 11.1 Å². The number of fused-ring (bicyclic) bond motifs is 1. The highest BCUT2D eigenvalue weighted by Crippen LogP contribution is 2.11. The predicted octanol–water partition coefficient (Wildman–Crippen LogP) is 0.690. The number of carbonyl (C=O) groups is 1. The van der Waals surface area contributed by atoms with E-state index in [0.29, 0.717) is 22.1 Å². The first-order chi connectivity index (χ1) is 11.1. The van der Waals surface area contributed by atoms with Crippen LogP contribution in [0.2, 0.25) is 0 Å². The van der Waals surface area contributed by atoms with Crippen molar-refractivity contribution < 1.29 is 9.53 Å². The molecule has 0 saturated heterocycles. The van der Waals surface area contributed by atoms with E-state index in [1.807, 2.05) is 0 Å². The van der Waals surface area contributed by atoms with Crippen LogP contribution in [-0.4, -0.2) is 13.0 Å². The summed E-state index contributed by atoms with van der Waals surface area (Å²) in [5, 5.41) is 4.51. The van der Waals surface area contributed by atoms with Crippen molar-refractivity contribution in [2.24, 2.45) is 5.10 Å². The van der Waals surface area contributed by atoms with Crippen LogP contribution < -0.4 is 26.4 Å². The second-order valence-corrected chi connectivity index (χ2v) is 4.83. The van der Waals surface area contributed by atoms with Crippen LogP contribution in [0, 0.1) is 0 Å². The number of nitrogens with one attached hydrogen (secondary N) is 1. The van der Waals surface area contributed by atoms with Gasteiger partial charge in [0.15, 0.2) is 0 Å². The number of rotatable bonds is 3. The Morgan fingerprint density at radius 2 is 1.61 bits per heavy atom. The zero-order valence-corrected chi connectivity index (χ0v) is 12.2. The third-order valence-electron chi connectivity index (χ3n) is 3.47. The van der Waals surface area contributed by atoms with Gasteiger partial charge in [0.2, 0.25) is 5.43 Å². The minimum atomic E-state index is -0.721. The van der Waals surface area contributed by atoms with Gasteiger partial charge in [0.25, 0.3) is 11.3 Å². The summed E-state index contributed by atoms with van der Waals surface area (Å²) in [6, 6.07) is 13.0. The van der Waals surface area contributed by atoms with Crippen molar-refractivity contribution in [2.75, 3.05) is 7.11 Å². The van der Waals surface area contributed by atoms with Gasteiger partial charge >= 0.3 is 0 Å². The van der Waals surface area contributed by atoms with Crippen molar-refractivity contribution in [3.05, 3.63) is 79.9 Å². The Kier molecular flexibility index (Phi) is 3.72. The molecule has 0 aliphatic heterocycles. The molecule has 1 amide bonds. The number of benzene rings is 2. The molecule has 0 aromatic heterocycles. The molecule has 0 aliphatic carbocycles. The van der Waals surface area contributed by atoms with Crippen LogP contribution in [0.3, 0.4) is 0 Å². The van der Waals surface area contributed by atoms with Crippen LogP contribution in [0.5, 0.6) is 5.75 Å². The van der Waals surface area contributed by atoms with Gasteiger partial charge in [-0.3, -0.25) is 14.4 Å². The van der Waals surface area contributed by atoms with Crippen LogP contribution in [0.15, 0.2) is 63.2 Å². The summed E-state index contributed by atoms with van der Waals surface area (Å²) in [7, 11) is 1.53. The van der Waals surface area contributed by atoms with Crippen LogP contribution in [0.4, 0.5) is 0 Å². The highest BCUT2D eigenvalue weighted by molar-refractivity contribution is 5.94. The Labute approximate surface area is 130 Å². The maximum Gasteiger partial charge on any atom is 0.271 e. The van der Waals surface area contributed by atoms with Gasteiger partial charge in [-0.1, -0.05) is 24.3 Å². The molecular weight excluding hydrogens is 296 g/mol. The molecule has 6 heteroatoms. The molecule has 0 aliphatic rings. The first-order valence-corrected chi connectivity index (χ1v) is 6.82. The van der Waals surface area contributed by atoms with Crippen molar-refractivity contribution in [1.29, 1.82) is 0 Å². The first kappa shape index (κ1) is 14.6. The first-order valence-electron chi connectivity index (χ1n) is 6.82.